The SMILES string of the molecule is CCc1cc2c(cc1Sc1nc3c(N)ncnc3n1CCC(N)=O)OCCO2. The van der Waals surface area contributed by atoms with Gasteiger partial charge in [-0.1, -0.05) is 18.7 Å². The maximum Gasteiger partial charge on any atom is 0.219 e. The predicted molar refractivity (Wildman–Crippen MR) is 104 cm³/mol. The number of amides is 1. The standard InChI is InChI=1S/C18H20N6O3S/c1-2-10-7-11-12(27-6-5-26-11)8-13(10)28-18-23-15-16(20)21-9-22-17(15)24(18)4-3-14(19)25/h7-9H,2-6H2,1H3,(H2,19,25)(H2,20,21,22). The van der Waals surface area contributed by atoms with Crippen LogP contribution in [0.1, 0.15) is 18.9 Å². The summed E-state index contributed by atoms with van der Waals surface area (Å²) in [5.41, 5.74) is 13.5. The molecule has 0 saturated carbocycles. The Bertz CT molecular complexity index is 1050. The molecule has 3 aromatic rings. The van der Waals surface area contributed by atoms with Gasteiger partial charge in [0.05, 0.1) is 0 Å². The number of aryl methyl sites for hydroxylation is 2. The highest BCUT2D eigenvalue weighted by atomic mass is 32.2. The topological polar surface area (TPSA) is 131 Å². The molecule has 4 N–H and O–H groups in total. The smallest absolute Gasteiger partial charge is 0.219 e. The van der Waals surface area contributed by atoms with Gasteiger partial charge < -0.3 is 25.5 Å². The van der Waals surface area contributed by atoms with Crippen LogP contribution >= 0.6 is 11.8 Å². The monoisotopic (exact) mass is 400 g/mol. The number of nitrogens with two attached hydrogens (primary N) is 2. The number of anilines is 1. The first-order valence-electron chi connectivity index (χ1n) is 8.92. The van der Waals surface area contributed by atoms with Gasteiger partial charge in [-0.3, -0.25) is 4.79 Å². The Labute approximate surface area is 165 Å². The van der Waals surface area contributed by atoms with Crippen molar-refractivity contribution in [2.75, 3.05) is 18.9 Å². The largest absolute Gasteiger partial charge is 0.486 e. The molecule has 0 saturated heterocycles. The number of nitrogen functional groups attached to an aromatic ring is 1. The summed E-state index contributed by atoms with van der Waals surface area (Å²) in [7, 11) is 0. The zero-order valence-electron chi connectivity index (χ0n) is 15.3. The van der Waals surface area contributed by atoms with Crippen molar-refractivity contribution in [3.05, 3.63) is 24.0 Å². The van der Waals surface area contributed by atoms with Crippen molar-refractivity contribution in [2.45, 2.75) is 36.4 Å². The lowest BCUT2D eigenvalue weighted by molar-refractivity contribution is -0.118. The van der Waals surface area contributed by atoms with Crippen molar-refractivity contribution in [1.82, 2.24) is 19.5 Å². The van der Waals surface area contributed by atoms with E-state index in [4.69, 9.17) is 20.9 Å². The zero-order valence-corrected chi connectivity index (χ0v) is 16.2. The zero-order chi connectivity index (χ0) is 19.7. The average molecular weight is 400 g/mol. The first-order chi connectivity index (χ1) is 13.6. The number of imidazole rings is 1. The van der Waals surface area contributed by atoms with Gasteiger partial charge in [-0.05, 0) is 24.1 Å². The van der Waals surface area contributed by atoms with Crippen molar-refractivity contribution in [1.29, 1.82) is 0 Å². The fraction of sp³-hybridized carbons (Fsp3) is 0.333. The van der Waals surface area contributed by atoms with Crippen LogP contribution in [-0.4, -0.2) is 38.6 Å². The number of carbonyl (C=O) groups excluding carboxylic acids is 1. The number of hydrogen-bond donors (Lipinski definition) is 2. The molecule has 9 nitrogen and oxygen atoms in total. The van der Waals surface area contributed by atoms with Crippen LogP contribution in [0.15, 0.2) is 28.5 Å². The maximum absolute atomic E-state index is 11.3. The fourth-order valence-corrected chi connectivity index (χ4v) is 4.14. The number of nitrogens with zero attached hydrogens (tertiary/aromatic N) is 4. The second-order valence-corrected chi connectivity index (χ2v) is 7.26. The average Bonchev–Trinajstić information content (AvgIpc) is 3.04. The minimum atomic E-state index is -0.395. The van der Waals surface area contributed by atoms with E-state index in [9.17, 15) is 4.79 Å². The van der Waals surface area contributed by atoms with E-state index in [2.05, 4.69) is 21.9 Å². The van der Waals surface area contributed by atoms with E-state index in [1.54, 1.807) is 0 Å². The molecule has 0 fully saturated rings. The third-order valence-corrected chi connectivity index (χ3v) is 5.51. The minimum absolute atomic E-state index is 0.171. The molecule has 10 heteroatoms. The number of benzene rings is 1. The second kappa shape index (κ2) is 7.55. The third kappa shape index (κ3) is 3.42. The quantitative estimate of drug-likeness (QED) is 0.640. The summed E-state index contributed by atoms with van der Waals surface area (Å²) in [4.78, 5) is 25.2. The number of fused-ring (bicyclic) bond motifs is 2. The van der Waals surface area contributed by atoms with E-state index < -0.39 is 5.91 Å². The van der Waals surface area contributed by atoms with Gasteiger partial charge in [0.15, 0.2) is 33.6 Å². The first kappa shape index (κ1) is 18.4. The van der Waals surface area contributed by atoms with Gasteiger partial charge in [-0.2, -0.15) is 0 Å². The van der Waals surface area contributed by atoms with Crippen LogP contribution in [0.2, 0.25) is 0 Å². The van der Waals surface area contributed by atoms with Crippen molar-refractivity contribution < 1.29 is 14.3 Å². The summed E-state index contributed by atoms with van der Waals surface area (Å²) in [6.45, 7) is 3.50. The van der Waals surface area contributed by atoms with E-state index in [1.807, 2.05) is 16.7 Å². The van der Waals surface area contributed by atoms with Crippen LogP contribution in [0.25, 0.3) is 11.2 Å². The number of rotatable bonds is 6. The highest BCUT2D eigenvalue weighted by Crippen LogP contribution is 2.40. The number of ether oxygens (including phenoxy) is 2. The Kier molecular flexibility index (Phi) is 4.95. The van der Waals surface area contributed by atoms with Crippen LogP contribution in [0.3, 0.4) is 0 Å². The molecule has 0 radical (unpaired) electrons. The van der Waals surface area contributed by atoms with Gasteiger partial charge >= 0.3 is 0 Å². The molecule has 146 valence electrons. The summed E-state index contributed by atoms with van der Waals surface area (Å²) in [6, 6.07) is 3.96. The van der Waals surface area contributed by atoms with E-state index >= 15 is 0 Å². The highest BCUT2D eigenvalue weighted by Gasteiger charge is 2.20. The molecular weight excluding hydrogens is 380 g/mol. The highest BCUT2D eigenvalue weighted by molar-refractivity contribution is 7.99. The lowest BCUT2D eigenvalue weighted by Crippen LogP contribution is -2.16. The van der Waals surface area contributed by atoms with Gasteiger partial charge in [0.25, 0.3) is 0 Å². The molecule has 28 heavy (non-hydrogen) atoms. The molecule has 0 unspecified atom stereocenters. The van der Waals surface area contributed by atoms with Crippen LogP contribution < -0.4 is 20.9 Å². The molecule has 0 bridgehead atoms. The van der Waals surface area contributed by atoms with Gasteiger partial charge in [0.1, 0.15) is 19.5 Å². The van der Waals surface area contributed by atoms with E-state index in [1.165, 1.54) is 18.1 Å². The summed E-state index contributed by atoms with van der Waals surface area (Å²) < 4.78 is 13.2. The molecular formula is C18H20N6O3S. The number of carbonyl (C=O) groups is 1. The molecule has 1 aliphatic rings. The molecule has 1 aromatic carbocycles. The fourth-order valence-electron chi connectivity index (χ4n) is 3.02. The van der Waals surface area contributed by atoms with Gasteiger partial charge in [0.2, 0.25) is 5.91 Å². The summed E-state index contributed by atoms with van der Waals surface area (Å²) in [5, 5.41) is 0.662. The number of primary amides is 1. The molecule has 3 heterocycles. The molecule has 1 amide bonds. The summed E-state index contributed by atoms with van der Waals surface area (Å²) >= 11 is 1.47. The van der Waals surface area contributed by atoms with Crippen molar-refractivity contribution >= 4 is 34.7 Å². The third-order valence-electron chi connectivity index (χ3n) is 4.41. The lowest BCUT2D eigenvalue weighted by atomic mass is 10.1. The normalized spacial score (nSPS) is 13.0. The van der Waals surface area contributed by atoms with E-state index in [-0.39, 0.29) is 6.42 Å². The lowest BCUT2D eigenvalue weighted by Gasteiger charge is -2.20. The molecule has 0 atom stereocenters. The second-order valence-electron chi connectivity index (χ2n) is 6.25. The van der Waals surface area contributed by atoms with Crippen LogP contribution in [0.5, 0.6) is 11.5 Å². The van der Waals surface area contributed by atoms with Crippen LogP contribution in [0.4, 0.5) is 5.82 Å². The van der Waals surface area contributed by atoms with Crippen molar-refractivity contribution in [3.8, 4) is 11.5 Å². The van der Waals surface area contributed by atoms with Crippen LogP contribution in [-0.2, 0) is 17.8 Å². The molecule has 1 aliphatic heterocycles. The molecule has 0 spiro atoms. The molecule has 4 rings (SSSR count). The maximum atomic E-state index is 11.3. The molecule has 0 aliphatic carbocycles. The first-order valence-corrected chi connectivity index (χ1v) is 9.73. The van der Waals surface area contributed by atoms with Crippen molar-refractivity contribution in [3.63, 3.8) is 0 Å². The van der Waals surface area contributed by atoms with Crippen molar-refractivity contribution in [2.24, 2.45) is 5.73 Å². The molecule has 2 aromatic heterocycles. The Morgan fingerprint density at radius 1 is 1.25 bits per heavy atom. The number of hydrogen-bond acceptors (Lipinski definition) is 8. The predicted octanol–water partition coefficient (Wildman–Crippen LogP) is 1.77. The van der Waals surface area contributed by atoms with Gasteiger partial charge in [0, 0.05) is 17.9 Å². The Balaban J connectivity index is 1.78. The van der Waals surface area contributed by atoms with Crippen LogP contribution in [0, 0.1) is 0 Å². The van der Waals surface area contributed by atoms with E-state index in [0.29, 0.717) is 47.6 Å². The Morgan fingerprint density at radius 3 is 2.71 bits per heavy atom. The summed E-state index contributed by atoms with van der Waals surface area (Å²) in [5.74, 6) is 1.37. The van der Waals surface area contributed by atoms with Gasteiger partial charge in [-0.25, -0.2) is 15.0 Å². The Morgan fingerprint density at radius 2 is 2.00 bits per heavy atom. The van der Waals surface area contributed by atoms with E-state index in [0.717, 1.165) is 22.6 Å². The number of aromatic nitrogens is 4. The van der Waals surface area contributed by atoms with Gasteiger partial charge in [-0.15, -0.1) is 0 Å². The summed E-state index contributed by atoms with van der Waals surface area (Å²) in [6.07, 6.45) is 2.38. The minimum Gasteiger partial charge on any atom is -0.486 e. The Hall–Kier alpha value is -3.01.